The summed E-state index contributed by atoms with van der Waals surface area (Å²) in [5.74, 6) is -0.163. The molecule has 0 spiro atoms. The quantitative estimate of drug-likeness (QED) is 0.855. The van der Waals surface area contributed by atoms with Crippen LogP contribution in [0.15, 0.2) is 11.7 Å². The van der Waals surface area contributed by atoms with Crippen molar-refractivity contribution in [3.05, 3.63) is 21.6 Å². The molecule has 1 atom stereocenters. The normalized spacial score (nSPS) is 12.3. The van der Waals surface area contributed by atoms with Gasteiger partial charge in [0, 0.05) is 0 Å². The molecule has 2 aromatic rings. The Morgan fingerprint density at radius 2 is 2.38 bits per heavy atom. The van der Waals surface area contributed by atoms with Gasteiger partial charge in [0.05, 0.1) is 17.7 Å². The molecule has 0 aliphatic rings. The van der Waals surface area contributed by atoms with Crippen molar-refractivity contribution in [2.75, 3.05) is 5.73 Å². The Balaban J connectivity index is 2.03. The Hall–Kier alpha value is -1.54. The molecule has 8 heteroatoms. The van der Waals surface area contributed by atoms with E-state index in [0.717, 1.165) is 0 Å². The van der Waals surface area contributed by atoms with Crippen molar-refractivity contribution in [2.24, 2.45) is 0 Å². The zero-order valence-electron chi connectivity index (χ0n) is 8.38. The Bertz CT molecular complexity index is 480. The summed E-state index contributed by atoms with van der Waals surface area (Å²) in [5.41, 5.74) is 7.08. The summed E-state index contributed by atoms with van der Waals surface area (Å²) in [4.78, 5) is 16.1. The van der Waals surface area contributed by atoms with Crippen LogP contribution in [0, 0.1) is 0 Å². The van der Waals surface area contributed by atoms with Crippen molar-refractivity contribution in [3.8, 4) is 0 Å². The fraction of sp³-hybridized carbons (Fsp3) is 0.250. The molecule has 0 radical (unpaired) electrons. The molecule has 2 aromatic heterocycles. The number of nitrogens with two attached hydrogens (primary N) is 1. The number of rotatable bonds is 3. The highest BCUT2D eigenvalue weighted by atomic mass is 32.1. The second-order valence-electron chi connectivity index (χ2n) is 3.04. The average molecular weight is 255 g/mol. The molecular formula is C8H9N5OS2. The monoisotopic (exact) mass is 255 g/mol. The van der Waals surface area contributed by atoms with Crippen LogP contribution < -0.4 is 11.1 Å². The molecule has 2 rings (SSSR count). The predicted octanol–water partition coefficient (Wildman–Crippen LogP) is 1.07. The summed E-state index contributed by atoms with van der Waals surface area (Å²) >= 11 is 2.56. The summed E-state index contributed by atoms with van der Waals surface area (Å²) < 4.78 is 0. The van der Waals surface area contributed by atoms with Crippen LogP contribution in [0.3, 0.4) is 0 Å². The molecule has 0 saturated heterocycles. The average Bonchev–Trinajstić information content (AvgIpc) is 2.87. The van der Waals surface area contributed by atoms with Crippen molar-refractivity contribution < 1.29 is 4.79 Å². The molecular weight excluding hydrogens is 246 g/mol. The second-order valence-corrected chi connectivity index (χ2v) is 4.97. The van der Waals surface area contributed by atoms with E-state index in [0.29, 0.717) is 15.0 Å². The minimum atomic E-state index is -0.204. The molecule has 16 heavy (non-hydrogen) atoms. The van der Waals surface area contributed by atoms with E-state index in [2.05, 4.69) is 20.5 Å². The Kier molecular flexibility index (Phi) is 3.11. The van der Waals surface area contributed by atoms with Gasteiger partial charge in [-0.3, -0.25) is 9.78 Å². The number of hydrogen-bond donors (Lipinski definition) is 2. The maximum atomic E-state index is 11.7. The van der Waals surface area contributed by atoms with Crippen LogP contribution in [-0.4, -0.2) is 21.1 Å². The minimum absolute atomic E-state index is 0.163. The maximum absolute atomic E-state index is 11.7. The van der Waals surface area contributed by atoms with E-state index >= 15 is 0 Å². The largest absolute Gasteiger partial charge is 0.374 e. The van der Waals surface area contributed by atoms with Gasteiger partial charge in [-0.05, 0) is 6.92 Å². The summed E-state index contributed by atoms with van der Waals surface area (Å²) in [6, 6.07) is -0.204. The highest BCUT2D eigenvalue weighted by molar-refractivity contribution is 7.15. The van der Waals surface area contributed by atoms with Gasteiger partial charge in [0.2, 0.25) is 5.13 Å². The fourth-order valence-corrected chi connectivity index (χ4v) is 2.22. The minimum Gasteiger partial charge on any atom is -0.374 e. The number of nitrogens with zero attached hydrogens (tertiary/aromatic N) is 3. The van der Waals surface area contributed by atoms with Crippen molar-refractivity contribution in [1.82, 2.24) is 20.5 Å². The highest BCUT2D eigenvalue weighted by Gasteiger charge is 2.15. The summed E-state index contributed by atoms with van der Waals surface area (Å²) in [6.07, 6.45) is 1.53. The topological polar surface area (TPSA) is 93.8 Å². The molecule has 0 aliphatic heterocycles. The third-order valence-corrected chi connectivity index (χ3v) is 3.54. The van der Waals surface area contributed by atoms with Crippen LogP contribution in [0.5, 0.6) is 0 Å². The first kappa shape index (κ1) is 11.0. The number of amides is 1. The molecule has 0 fully saturated rings. The Labute approximate surface area is 99.5 Å². The molecule has 2 heterocycles. The third kappa shape index (κ3) is 2.34. The molecule has 6 nitrogen and oxygen atoms in total. The SMILES string of the molecule is CC(NC(=O)c1cncs1)c1nnc(N)s1. The Morgan fingerprint density at radius 3 is 2.94 bits per heavy atom. The van der Waals surface area contributed by atoms with E-state index in [1.54, 1.807) is 5.51 Å². The van der Waals surface area contributed by atoms with E-state index in [1.165, 1.54) is 28.9 Å². The first-order valence-electron chi connectivity index (χ1n) is 4.45. The van der Waals surface area contributed by atoms with Gasteiger partial charge in [-0.25, -0.2) is 0 Å². The molecule has 0 aliphatic carbocycles. The Morgan fingerprint density at radius 1 is 1.56 bits per heavy atom. The number of carbonyl (C=O) groups excluding carboxylic acids is 1. The summed E-state index contributed by atoms with van der Waals surface area (Å²) in [7, 11) is 0. The van der Waals surface area contributed by atoms with Gasteiger partial charge in [0.25, 0.3) is 5.91 Å². The number of hydrogen-bond acceptors (Lipinski definition) is 7. The van der Waals surface area contributed by atoms with Crippen molar-refractivity contribution in [1.29, 1.82) is 0 Å². The van der Waals surface area contributed by atoms with Crippen molar-refractivity contribution in [2.45, 2.75) is 13.0 Å². The fourth-order valence-electron chi connectivity index (χ4n) is 1.08. The van der Waals surface area contributed by atoms with E-state index in [4.69, 9.17) is 5.73 Å². The molecule has 3 N–H and O–H groups in total. The molecule has 1 unspecified atom stereocenters. The van der Waals surface area contributed by atoms with Crippen LogP contribution >= 0.6 is 22.7 Å². The van der Waals surface area contributed by atoms with Crippen LogP contribution in [0.1, 0.15) is 27.6 Å². The van der Waals surface area contributed by atoms with Gasteiger partial charge in [-0.15, -0.1) is 21.5 Å². The molecule has 1 amide bonds. The van der Waals surface area contributed by atoms with Gasteiger partial charge in [0.15, 0.2) is 0 Å². The smallest absolute Gasteiger partial charge is 0.263 e. The lowest BCUT2D eigenvalue weighted by molar-refractivity contribution is 0.0943. The molecule has 0 saturated carbocycles. The number of aromatic nitrogens is 3. The summed E-state index contributed by atoms with van der Waals surface area (Å²) in [6.45, 7) is 1.83. The van der Waals surface area contributed by atoms with Gasteiger partial charge in [-0.1, -0.05) is 11.3 Å². The maximum Gasteiger partial charge on any atom is 0.263 e. The lowest BCUT2D eigenvalue weighted by Gasteiger charge is -2.08. The number of thiazole rings is 1. The lowest BCUT2D eigenvalue weighted by atomic mass is 10.3. The third-order valence-electron chi connectivity index (χ3n) is 1.83. The molecule has 84 valence electrons. The second kappa shape index (κ2) is 4.54. The van der Waals surface area contributed by atoms with Crippen LogP contribution in [-0.2, 0) is 0 Å². The van der Waals surface area contributed by atoms with E-state index in [1.807, 2.05) is 6.92 Å². The van der Waals surface area contributed by atoms with Gasteiger partial charge in [-0.2, -0.15) is 0 Å². The van der Waals surface area contributed by atoms with Crippen LogP contribution in [0.4, 0.5) is 5.13 Å². The highest BCUT2D eigenvalue weighted by Crippen LogP contribution is 2.19. The number of nitrogen functional groups attached to an aromatic ring is 1. The van der Waals surface area contributed by atoms with E-state index < -0.39 is 0 Å². The van der Waals surface area contributed by atoms with Crippen LogP contribution in [0.25, 0.3) is 0 Å². The number of carbonyl (C=O) groups is 1. The zero-order chi connectivity index (χ0) is 11.5. The number of nitrogens with one attached hydrogen (secondary N) is 1. The zero-order valence-corrected chi connectivity index (χ0v) is 10.0. The van der Waals surface area contributed by atoms with Crippen molar-refractivity contribution in [3.63, 3.8) is 0 Å². The van der Waals surface area contributed by atoms with Gasteiger partial charge in [0.1, 0.15) is 9.88 Å². The van der Waals surface area contributed by atoms with E-state index in [-0.39, 0.29) is 11.9 Å². The van der Waals surface area contributed by atoms with Gasteiger partial charge >= 0.3 is 0 Å². The first-order valence-corrected chi connectivity index (χ1v) is 6.14. The number of anilines is 1. The van der Waals surface area contributed by atoms with Gasteiger partial charge < -0.3 is 11.1 Å². The lowest BCUT2D eigenvalue weighted by Crippen LogP contribution is -2.25. The standard InChI is InChI=1S/C8H9N5OS2/c1-4(7-12-13-8(9)16-7)11-6(14)5-2-10-3-15-5/h2-4H,1H3,(H2,9,13)(H,11,14). The van der Waals surface area contributed by atoms with Crippen molar-refractivity contribution >= 4 is 33.7 Å². The predicted molar refractivity (Wildman–Crippen MR) is 62.3 cm³/mol. The first-order chi connectivity index (χ1) is 7.66. The molecule has 0 bridgehead atoms. The molecule has 0 aromatic carbocycles. The summed E-state index contributed by atoms with van der Waals surface area (Å²) in [5, 5.41) is 11.4. The van der Waals surface area contributed by atoms with E-state index in [9.17, 15) is 4.79 Å². The van der Waals surface area contributed by atoms with Crippen LogP contribution in [0.2, 0.25) is 0 Å².